The van der Waals surface area contributed by atoms with E-state index in [4.69, 9.17) is 4.74 Å². The predicted molar refractivity (Wildman–Crippen MR) is 113 cm³/mol. The first-order valence-corrected chi connectivity index (χ1v) is 9.08. The lowest BCUT2D eigenvalue weighted by atomic mass is 10.2. The fourth-order valence-electron chi connectivity index (χ4n) is 2.51. The molecule has 0 bridgehead atoms. The van der Waals surface area contributed by atoms with Gasteiger partial charge >= 0.3 is 6.03 Å². The van der Waals surface area contributed by atoms with E-state index in [-0.39, 0.29) is 6.03 Å². The number of benzene rings is 1. The van der Waals surface area contributed by atoms with Crippen LogP contribution in [0.25, 0.3) is 0 Å². The van der Waals surface area contributed by atoms with Gasteiger partial charge in [0.05, 0.1) is 7.11 Å². The first kappa shape index (κ1) is 19.9. The second-order valence-corrected chi connectivity index (χ2v) is 6.15. The Morgan fingerprint density at radius 2 is 1.76 bits per heavy atom. The maximum Gasteiger partial charge on any atom is 0.319 e. The van der Waals surface area contributed by atoms with Crippen LogP contribution in [0.3, 0.4) is 0 Å². The van der Waals surface area contributed by atoms with Gasteiger partial charge < -0.3 is 26.0 Å². The zero-order valence-corrected chi connectivity index (χ0v) is 16.3. The average molecular weight is 393 g/mol. The molecule has 0 aliphatic carbocycles. The second-order valence-electron chi connectivity index (χ2n) is 6.15. The zero-order valence-electron chi connectivity index (χ0n) is 16.3. The molecule has 3 rings (SSSR count). The highest BCUT2D eigenvalue weighted by atomic mass is 16.5. The Morgan fingerprint density at radius 3 is 2.45 bits per heavy atom. The summed E-state index contributed by atoms with van der Waals surface area (Å²) >= 11 is 0. The van der Waals surface area contributed by atoms with Gasteiger partial charge in [-0.3, -0.25) is 4.98 Å². The Morgan fingerprint density at radius 1 is 1.00 bits per heavy atom. The number of methoxy groups -OCH3 is 1. The van der Waals surface area contributed by atoms with Crippen LogP contribution in [0.4, 0.5) is 27.8 Å². The highest BCUT2D eigenvalue weighted by molar-refractivity contribution is 5.90. The van der Waals surface area contributed by atoms with Gasteiger partial charge in [0.25, 0.3) is 0 Å². The van der Waals surface area contributed by atoms with Crippen molar-refractivity contribution >= 4 is 29.0 Å². The van der Waals surface area contributed by atoms with Crippen LogP contribution >= 0.6 is 0 Å². The third kappa shape index (κ3) is 6.06. The summed E-state index contributed by atoms with van der Waals surface area (Å²) in [6.45, 7) is 2.85. The number of nitrogens with one attached hydrogen (secondary N) is 4. The molecule has 0 saturated carbocycles. The molecule has 0 aliphatic heterocycles. The molecule has 2 amide bonds. The van der Waals surface area contributed by atoms with Crippen LogP contribution in [0.2, 0.25) is 0 Å². The number of amides is 2. The van der Waals surface area contributed by atoms with Crippen LogP contribution in [-0.4, -0.2) is 41.4 Å². The van der Waals surface area contributed by atoms with Gasteiger partial charge in [-0.2, -0.15) is 0 Å². The first-order valence-electron chi connectivity index (χ1n) is 9.08. The van der Waals surface area contributed by atoms with E-state index in [1.807, 2.05) is 43.3 Å². The first-order chi connectivity index (χ1) is 14.1. The molecule has 0 spiro atoms. The number of aryl methyl sites for hydroxylation is 1. The monoisotopic (exact) mass is 393 g/mol. The summed E-state index contributed by atoms with van der Waals surface area (Å²) in [5, 5.41) is 20.1. The summed E-state index contributed by atoms with van der Waals surface area (Å²) in [5.74, 6) is 2.01. The van der Waals surface area contributed by atoms with Crippen LogP contribution in [-0.2, 0) is 0 Å². The number of hydrogen-bond acceptors (Lipinski definition) is 7. The van der Waals surface area contributed by atoms with Gasteiger partial charge in [-0.15, -0.1) is 10.2 Å². The lowest BCUT2D eigenvalue weighted by molar-refractivity contribution is 0.252. The fourth-order valence-corrected chi connectivity index (χ4v) is 2.51. The number of hydrogen-bond donors (Lipinski definition) is 4. The molecule has 3 aromatic rings. The number of rotatable bonds is 8. The third-order valence-electron chi connectivity index (χ3n) is 4.02. The highest BCUT2D eigenvalue weighted by Crippen LogP contribution is 2.20. The average Bonchev–Trinajstić information content (AvgIpc) is 2.74. The van der Waals surface area contributed by atoms with Crippen LogP contribution in [0.1, 0.15) is 5.56 Å². The Labute approximate surface area is 168 Å². The molecule has 2 heterocycles. The Kier molecular flexibility index (Phi) is 6.77. The standard InChI is InChI=1S/C20H23N7O2/c1-14-13-16(29-2)3-4-17(14)25-20(28)23-12-11-22-18-5-6-19(27-26-18)24-15-7-9-21-10-8-15/h3-10,13H,11-12H2,1-2H3,(H,22,26)(H,21,24,27)(H2,23,25,28). The van der Waals surface area contributed by atoms with E-state index in [2.05, 4.69) is 36.4 Å². The summed E-state index contributed by atoms with van der Waals surface area (Å²) in [7, 11) is 1.61. The fraction of sp³-hybridized carbons (Fsp3) is 0.200. The van der Waals surface area contributed by atoms with E-state index in [0.29, 0.717) is 24.7 Å². The summed E-state index contributed by atoms with van der Waals surface area (Å²) in [4.78, 5) is 16.0. The molecule has 0 saturated heterocycles. The molecule has 150 valence electrons. The molecule has 9 nitrogen and oxygen atoms in total. The van der Waals surface area contributed by atoms with E-state index in [1.54, 1.807) is 25.6 Å². The van der Waals surface area contributed by atoms with Gasteiger partial charge in [0.1, 0.15) is 11.6 Å². The van der Waals surface area contributed by atoms with E-state index in [0.717, 1.165) is 22.7 Å². The van der Waals surface area contributed by atoms with E-state index in [1.165, 1.54) is 0 Å². The molecule has 1 aromatic carbocycles. The lowest BCUT2D eigenvalue weighted by Gasteiger charge is -2.11. The van der Waals surface area contributed by atoms with Crippen molar-refractivity contribution in [1.29, 1.82) is 0 Å². The maximum atomic E-state index is 12.0. The number of carbonyl (C=O) groups is 1. The summed E-state index contributed by atoms with van der Waals surface area (Å²) in [6.07, 6.45) is 3.40. The molecule has 2 aromatic heterocycles. The number of urea groups is 1. The Hall–Kier alpha value is -3.88. The van der Waals surface area contributed by atoms with Gasteiger partial charge in [-0.05, 0) is 55.0 Å². The Balaban J connectivity index is 1.39. The minimum Gasteiger partial charge on any atom is -0.497 e. The predicted octanol–water partition coefficient (Wildman–Crippen LogP) is 3.17. The maximum absolute atomic E-state index is 12.0. The smallest absolute Gasteiger partial charge is 0.319 e. The van der Waals surface area contributed by atoms with E-state index < -0.39 is 0 Å². The quantitative estimate of drug-likeness (QED) is 0.435. The number of pyridine rings is 1. The van der Waals surface area contributed by atoms with Crippen molar-refractivity contribution in [3.63, 3.8) is 0 Å². The van der Waals surface area contributed by atoms with Crippen molar-refractivity contribution in [3.05, 3.63) is 60.4 Å². The van der Waals surface area contributed by atoms with Gasteiger partial charge in [0, 0.05) is 36.9 Å². The molecule has 0 atom stereocenters. The lowest BCUT2D eigenvalue weighted by Crippen LogP contribution is -2.32. The van der Waals surface area contributed by atoms with Gasteiger partial charge in [-0.25, -0.2) is 4.79 Å². The molecule has 0 unspecified atom stereocenters. The largest absolute Gasteiger partial charge is 0.497 e. The number of aromatic nitrogens is 3. The number of ether oxygens (including phenoxy) is 1. The molecular formula is C20H23N7O2. The summed E-state index contributed by atoms with van der Waals surface area (Å²) in [5.41, 5.74) is 2.55. The van der Waals surface area contributed by atoms with Crippen LogP contribution in [0, 0.1) is 6.92 Å². The highest BCUT2D eigenvalue weighted by Gasteiger charge is 2.05. The molecule has 0 radical (unpaired) electrons. The topological polar surface area (TPSA) is 113 Å². The number of carbonyl (C=O) groups excluding carboxylic acids is 1. The Bertz CT molecular complexity index is 933. The third-order valence-corrected chi connectivity index (χ3v) is 4.02. The normalized spacial score (nSPS) is 10.1. The van der Waals surface area contributed by atoms with E-state index in [9.17, 15) is 4.79 Å². The van der Waals surface area contributed by atoms with Crippen molar-refractivity contribution < 1.29 is 9.53 Å². The number of nitrogens with zero attached hydrogens (tertiary/aromatic N) is 3. The van der Waals surface area contributed by atoms with Gasteiger partial charge in [0.15, 0.2) is 5.82 Å². The van der Waals surface area contributed by atoms with Crippen molar-refractivity contribution in [2.24, 2.45) is 0 Å². The van der Waals surface area contributed by atoms with Crippen molar-refractivity contribution in [1.82, 2.24) is 20.5 Å². The second kappa shape index (κ2) is 9.88. The molecular weight excluding hydrogens is 370 g/mol. The molecule has 0 fully saturated rings. The molecule has 0 aliphatic rings. The minimum atomic E-state index is -0.275. The minimum absolute atomic E-state index is 0.275. The van der Waals surface area contributed by atoms with Crippen molar-refractivity contribution in [3.8, 4) is 5.75 Å². The van der Waals surface area contributed by atoms with Gasteiger partial charge in [0.2, 0.25) is 0 Å². The molecule has 4 N–H and O–H groups in total. The molecule has 29 heavy (non-hydrogen) atoms. The number of anilines is 4. The zero-order chi connectivity index (χ0) is 20.5. The summed E-state index contributed by atoms with van der Waals surface area (Å²) in [6, 6.07) is 12.5. The van der Waals surface area contributed by atoms with E-state index >= 15 is 0 Å². The SMILES string of the molecule is COc1ccc(NC(=O)NCCNc2ccc(Nc3ccncc3)nn2)c(C)c1. The van der Waals surface area contributed by atoms with Crippen LogP contribution in [0.15, 0.2) is 54.9 Å². The van der Waals surface area contributed by atoms with Crippen LogP contribution in [0.5, 0.6) is 5.75 Å². The van der Waals surface area contributed by atoms with Gasteiger partial charge in [-0.1, -0.05) is 0 Å². The van der Waals surface area contributed by atoms with Crippen molar-refractivity contribution in [2.45, 2.75) is 6.92 Å². The van der Waals surface area contributed by atoms with Crippen molar-refractivity contribution in [2.75, 3.05) is 36.1 Å². The van der Waals surface area contributed by atoms with Crippen LogP contribution < -0.4 is 26.0 Å². The summed E-state index contributed by atoms with van der Waals surface area (Å²) < 4.78 is 5.16. The molecule has 9 heteroatoms.